The van der Waals surface area contributed by atoms with Crippen molar-refractivity contribution in [2.45, 2.75) is 18.7 Å². The van der Waals surface area contributed by atoms with Crippen molar-refractivity contribution in [1.29, 1.82) is 0 Å². The highest BCUT2D eigenvalue weighted by Gasteiger charge is 2.07. The lowest BCUT2D eigenvalue weighted by Crippen LogP contribution is -2.31. The van der Waals surface area contributed by atoms with Crippen LogP contribution in [0.2, 0.25) is 0 Å². The minimum absolute atomic E-state index is 0.0989. The molecule has 2 nitrogen and oxygen atoms in total. The van der Waals surface area contributed by atoms with Crippen molar-refractivity contribution >= 4 is 28.8 Å². The Hall–Kier alpha value is -0.540. The number of carbonyl (C=O) groups excluding carboxylic acids is 1. The monoisotopic (exact) mass is 217 g/mol. The van der Waals surface area contributed by atoms with Gasteiger partial charge in [-0.25, -0.2) is 0 Å². The first-order valence-corrected chi connectivity index (χ1v) is 5.46. The van der Waals surface area contributed by atoms with Gasteiger partial charge in [-0.3, -0.25) is 4.79 Å². The largest absolute Gasteiger partial charge is 0.354 e. The zero-order valence-corrected chi connectivity index (χ0v) is 8.99. The van der Waals surface area contributed by atoms with E-state index in [1.165, 1.54) is 4.88 Å². The summed E-state index contributed by atoms with van der Waals surface area (Å²) < 4.78 is 0. The van der Waals surface area contributed by atoms with E-state index in [2.05, 4.69) is 11.4 Å². The molecule has 0 bridgehead atoms. The number of carbonyl (C=O) groups is 1. The van der Waals surface area contributed by atoms with Crippen molar-refractivity contribution in [3.05, 3.63) is 22.4 Å². The second-order valence-electron chi connectivity index (χ2n) is 2.74. The van der Waals surface area contributed by atoms with Crippen LogP contribution in [0.15, 0.2) is 17.5 Å². The van der Waals surface area contributed by atoms with Gasteiger partial charge in [0.05, 0.1) is 0 Å². The lowest BCUT2D eigenvalue weighted by Gasteiger charge is -2.04. The summed E-state index contributed by atoms with van der Waals surface area (Å²) in [4.78, 5) is 12.3. The van der Waals surface area contributed by atoms with Crippen LogP contribution in [0, 0.1) is 0 Å². The number of amides is 1. The standard InChI is InChI=1S/C9H12ClNOS/c1-7(10)9(12)11-5-4-8-3-2-6-13-8/h2-3,6-7H,4-5H2,1H3,(H,11,12)/t7-/m0/s1. The second kappa shape index (κ2) is 5.25. The number of alkyl halides is 1. The van der Waals surface area contributed by atoms with Gasteiger partial charge in [-0.15, -0.1) is 22.9 Å². The van der Waals surface area contributed by atoms with Crippen LogP contribution in [0.5, 0.6) is 0 Å². The van der Waals surface area contributed by atoms with E-state index in [1.807, 2.05) is 11.4 Å². The molecule has 0 aromatic carbocycles. The molecule has 1 rings (SSSR count). The Morgan fingerprint density at radius 3 is 3.08 bits per heavy atom. The summed E-state index contributed by atoms with van der Waals surface area (Å²) in [7, 11) is 0. The number of hydrogen-bond acceptors (Lipinski definition) is 2. The molecule has 0 saturated carbocycles. The van der Waals surface area contributed by atoms with Crippen LogP contribution in [0.1, 0.15) is 11.8 Å². The molecular formula is C9H12ClNOS. The smallest absolute Gasteiger partial charge is 0.237 e. The molecule has 0 saturated heterocycles. The van der Waals surface area contributed by atoms with Crippen molar-refractivity contribution in [2.24, 2.45) is 0 Å². The van der Waals surface area contributed by atoms with Crippen LogP contribution >= 0.6 is 22.9 Å². The molecule has 0 radical (unpaired) electrons. The Bertz CT molecular complexity index is 259. The van der Waals surface area contributed by atoms with Crippen LogP contribution < -0.4 is 5.32 Å². The van der Waals surface area contributed by atoms with E-state index < -0.39 is 5.38 Å². The minimum atomic E-state index is -0.441. The molecule has 13 heavy (non-hydrogen) atoms. The highest BCUT2D eigenvalue weighted by Crippen LogP contribution is 2.08. The summed E-state index contributed by atoms with van der Waals surface area (Å²) in [5.41, 5.74) is 0. The van der Waals surface area contributed by atoms with Gasteiger partial charge in [-0.05, 0) is 24.8 Å². The molecule has 4 heteroatoms. The number of rotatable bonds is 4. The molecule has 1 aromatic heterocycles. The number of nitrogens with one attached hydrogen (secondary N) is 1. The Morgan fingerprint density at radius 1 is 1.77 bits per heavy atom. The molecule has 0 fully saturated rings. The first-order valence-electron chi connectivity index (χ1n) is 4.14. The highest BCUT2D eigenvalue weighted by atomic mass is 35.5. The third kappa shape index (κ3) is 3.79. The highest BCUT2D eigenvalue weighted by molar-refractivity contribution is 7.09. The van der Waals surface area contributed by atoms with Gasteiger partial charge in [0, 0.05) is 11.4 Å². The van der Waals surface area contributed by atoms with Crippen molar-refractivity contribution in [2.75, 3.05) is 6.54 Å². The number of hydrogen-bond donors (Lipinski definition) is 1. The average molecular weight is 218 g/mol. The van der Waals surface area contributed by atoms with Gasteiger partial charge < -0.3 is 5.32 Å². The van der Waals surface area contributed by atoms with E-state index in [-0.39, 0.29) is 5.91 Å². The van der Waals surface area contributed by atoms with E-state index in [0.717, 1.165) is 6.42 Å². The molecule has 1 amide bonds. The van der Waals surface area contributed by atoms with Gasteiger partial charge in [-0.2, -0.15) is 0 Å². The molecule has 0 unspecified atom stereocenters. The molecule has 0 spiro atoms. The Labute approximate surface area is 86.9 Å². The lowest BCUT2D eigenvalue weighted by molar-refractivity contribution is -0.120. The molecule has 1 aromatic rings. The van der Waals surface area contributed by atoms with Gasteiger partial charge in [0.25, 0.3) is 0 Å². The van der Waals surface area contributed by atoms with Crippen molar-refractivity contribution in [3.8, 4) is 0 Å². The molecule has 0 aliphatic rings. The Balaban J connectivity index is 2.18. The summed E-state index contributed by atoms with van der Waals surface area (Å²) in [6, 6.07) is 4.06. The number of halogens is 1. The summed E-state index contributed by atoms with van der Waals surface area (Å²) in [5, 5.41) is 4.34. The van der Waals surface area contributed by atoms with Crippen molar-refractivity contribution in [1.82, 2.24) is 5.32 Å². The maximum absolute atomic E-state index is 11.0. The molecule has 0 aliphatic carbocycles. The summed E-state index contributed by atoms with van der Waals surface area (Å²) in [6.07, 6.45) is 0.882. The fourth-order valence-corrected chi connectivity index (χ4v) is 1.69. The third-order valence-electron chi connectivity index (χ3n) is 1.61. The minimum Gasteiger partial charge on any atom is -0.354 e. The maximum Gasteiger partial charge on any atom is 0.237 e. The normalized spacial score (nSPS) is 12.5. The summed E-state index contributed by atoms with van der Waals surface area (Å²) in [5.74, 6) is -0.0989. The molecule has 1 heterocycles. The van der Waals surface area contributed by atoms with Gasteiger partial charge in [0.1, 0.15) is 5.38 Å². The average Bonchev–Trinajstić information content (AvgIpc) is 2.56. The molecular weight excluding hydrogens is 206 g/mol. The predicted molar refractivity (Wildman–Crippen MR) is 56.3 cm³/mol. The van der Waals surface area contributed by atoms with Crippen molar-refractivity contribution < 1.29 is 4.79 Å². The first kappa shape index (κ1) is 10.5. The van der Waals surface area contributed by atoms with E-state index in [9.17, 15) is 4.79 Å². The van der Waals surface area contributed by atoms with Gasteiger partial charge in [0.2, 0.25) is 5.91 Å². The van der Waals surface area contributed by atoms with Crippen LogP contribution in [-0.4, -0.2) is 17.8 Å². The van der Waals surface area contributed by atoms with Gasteiger partial charge in [0.15, 0.2) is 0 Å². The fourth-order valence-electron chi connectivity index (χ4n) is 0.904. The Kier molecular flexibility index (Phi) is 4.25. The number of thiophene rings is 1. The van der Waals surface area contributed by atoms with Crippen LogP contribution in [0.3, 0.4) is 0 Å². The van der Waals surface area contributed by atoms with Crippen LogP contribution in [-0.2, 0) is 11.2 Å². The summed E-state index contributed by atoms with van der Waals surface area (Å²) in [6.45, 7) is 2.33. The fraction of sp³-hybridized carbons (Fsp3) is 0.444. The van der Waals surface area contributed by atoms with Gasteiger partial charge in [-0.1, -0.05) is 6.07 Å². The molecule has 1 atom stereocenters. The van der Waals surface area contributed by atoms with Gasteiger partial charge >= 0.3 is 0 Å². The lowest BCUT2D eigenvalue weighted by atomic mass is 10.3. The van der Waals surface area contributed by atoms with Crippen molar-refractivity contribution in [3.63, 3.8) is 0 Å². The Morgan fingerprint density at radius 2 is 2.54 bits per heavy atom. The molecule has 1 N–H and O–H groups in total. The molecule has 0 aliphatic heterocycles. The maximum atomic E-state index is 11.0. The SMILES string of the molecule is C[C@H](Cl)C(=O)NCCc1cccs1. The van der Waals surface area contributed by atoms with Crippen LogP contribution in [0.4, 0.5) is 0 Å². The first-order chi connectivity index (χ1) is 6.20. The van der Waals surface area contributed by atoms with E-state index in [4.69, 9.17) is 11.6 Å². The summed E-state index contributed by atoms with van der Waals surface area (Å²) >= 11 is 7.28. The quantitative estimate of drug-likeness (QED) is 0.769. The van der Waals surface area contributed by atoms with E-state index >= 15 is 0 Å². The molecule has 72 valence electrons. The van der Waals surface area contributed by atoms with E-state index in [0.29, 0.717) is 6.54 Å². The zero-order chi connectivity index (χ0) is 9.68. The topological polar surface area (TPSA) is 29.1 Å². The zero-order valence-electron chi connectivity index (χ0n) is 7.42. The third-order valence-corrected chi connectivity index (χ3v) is 2.75. The second-order valence-corrected chi connectivity index (χ2v) is 4.42. The van der Waals surface area contributed by atoms with E-state index in [1.54, 1.807) is 18.3 Å². The predicted octanol–water partition coefficient (Wildman–Crippen LogP) is 2.03. The van der Waals surface area contributed by atoms with Crippen LogP contribution in [0.25, 0.3) is 0 Å².